The van der Waals surface area contributed by atoms with Crippen molar-refractivity contribution in [2.45, 2.75) is 27.2 Å². The molecule has 0 atom stereocenters. The van der Waals surface area contributed by atoms with E-state index >= 15 is 0 Å². The van der Waals surface area contributed by atoms with Crippen molar-refractivity contribution in [1.82, 2.24) is 25.0 Å². The Bertz CT molecular complexity index is 1140. The highest BCUT2D eigenvalue weighted by atomic mass is 16.5. The summed E-state index contributed by atoms with van der Waals surface area (Å²) < 4.78 is 13.1. The summed E-state index contributed by atoms with van der Waals surface area (Å²) in [6, 6.07) is 12.1. The molecule has 0 aliphatic rings. The lowest BCUT2D eigenvalue weighted by molar-refractivity contribution is 0.287. The Morgan fingerprint density at radius 3 is 2.66 bits per heavy atom. The number of hydrogen-bond acceptors (Lipinski definition) is 7. The maximum absolute atomic E-state index is 5.71. The van der Waals surface area contributed by atoms with Gasteiger partial charge in [0.2, 0.25) is 5.65 Å². The summed E-state index contributed by atoms with van der Waals surface area (Å²) in [5, 5.41) is 15.4. The third-order valence-electron chi connectivity index (χ3n) is 4.59. The van der Waals surface area contributed by atoms with E-state index in [1.807, 2.05) is 51.1 Å². The van der Waals surface area contributed by atoms with Gasteiger partial charge in [0, 0.05) is 6.54 Å². The van der Waals surface area contributed by atoms with Gasteiger partial charge in [0.1, 0.15) is 0 Å². The molecular formula is C21H24N6O2. The topological polar surface area (TPSA) is 86.5 Å². The molecule has 8 heteroatoms. The summed E-state index contributed by atoms with van der Waals surface area (Å²) in [4.78, 5) is 4.71. The van der Waals surface area contributed by atoms with Crippen LogP contribution < -0.4 is 14.8 Å². The molecule has 0 unspecified atom stereocenters. The second-order valence-corrected chi connectivity index (χ2v) is 6.69. The van der Waals surface area contributed by atoms with Crippen molar-refractivity contribution in [3.8, 4) is 11.5 Å². The molecule has 29 heavy (non-hydrogen) atoms. The number of benzene rings is 2. The molecular weight excluding hydrogens is 368 g/mol. The number of ether oxygens (including phenoxy) is 2. The van der Waals surface area contributed by atoms with Gasteiger partial charge in [-0.05, 0) is 73.0 Å². The lowest BCUT2D eigenvalue weighted by Crippen LogP contribution is -2.09. The Morgan fingerprint density at radius 1 is 1.00 bits per heavy atom. The van der Waals surface area contributed by atoms with E-state index in [9.17, 15) is 0 Å². The molecule has 0 radical (unpaired) electrons. The molecule has 0 aliphatic heterocycles. The van der Waals surface area contributed by atoms with Gasteiger partial charge in [-0.2, -0.15) is 4.52 Å². The molecule has 1 N–H and O–H groups in total. The van der Waals surface area contributed by atoms with Gasteiger partial charge >= 0.3 is 0 Å². The van der Waals surface area contributed by atoms with Crippen LogP contribution in [0.5, 0.6) is 11.5 Å². The highest BCUT2D eigenvalue weighted by molar-refractivity contribution is 5.82. The number of hydrogen-bond donors (Lipinski definition) is 1. The zero-order valence-corrected chi connectivity index (χ0v) is 16.8. The minimum atomic E-state index is 0.597. The average Bonchev–Trinajstić information content (AvgIpc) is 3.21. The van der Waals surface area contributed by atoms with Gasteiger partial charge in [0.15, 0.2) is 17.3 Å². The minimum absolute atomic E-state index is 0.597. The molecule has 0 fully saturated rings. The van der Waals surface area contributed by atoms with Crippen molar-refractivity contribution in [2.24, 2.45) is 0 Å². The number of nitrogens with zero attached hydrogens (tertiary/aromatic N) is 5. The van der Waals surface area contributed by atoms with Crippen LogP contribution in [0.15, 0.2) is 36.4 Å². The minimum Gasteiger partial charge on any atom is -0.490 e. The molecule has 150 valence electrons. The molecule has 0 aliphatic carbocycles. The molecule has 0 amide bonds. The Balaban J connectivity index is 1.53. The van der Waals surface area contributed by atoms with E-state index in [0.717, 1.165) is 40.1 Å². The Hall–Kier alpha value is -3.42. The molecule has 8 nitrogen and oxygen atoms in total. The van der Waals surface area contributed by atoms with Gasteiger partial charge in [-0.1, -0.05) is 12.1 Å². The average molecular weight is 392 g/mol. The van der Waals surface area contributed by atoms with Crippen LogP contribution in [0.4, 0.5) is 5.82 Å². The molecule has 0 spiro atoms. The SMILES string of the molecule is CCOc1ccc(CCNc2nc3ccc(C)cc3n3nnnc23)cc1OCC. The third-order valence-corrected chi connectivity index (χ3v) is 4.59. The van der Waals surface area contributed by atoms with E-state index in [1.54, 1.807) is 4.52 Å². The van der Waals surface area contributed by atoms with Gasteiger partial charge in [-0.3, -0.25) is 0 Å². The lowest BCUT2D eigenvalue weighted by Gasteiger charge is -2.13. The fraction of sp³-hybridized carbons (Fsp3) is 0.333. The van der Waals surface area contributed by atoms with Crippen LogP contribution in [-0.4, -0.2) is 44.8 Å². The van der Waals surface area contributed by atoms with E-state index in [4.69, 9.17) is 14.5 Å². The number of fused-ring (bicyclic) bond motifs is 3. The third kappa shape index (κ3) is 3.91. The Morgan fingerprint density at radius 2 is 1.83 bits per heavy atom. The summed E-state index contributed by atoms with van der Waals surface area (Å²) in [6.45, 7) is 7.86. The van der Waals surface area contributed by atoms with Crippen molar-refractivity contribution in [1.29, 1.82) is 0 Å². The first-order chi connectivity index (χ1) is 14.2. The maximum atomic E-state index is 5.71. The van der Waals surface area contributed by atoms with Crippen molar-refractivity contribution < 1.29 is 9.47 Å². The monoisotopic (exact) mass is 392 g/mol. The summed E-state index contributed by atoms with van der Waals surface area (Å²) in [5.74, 6) is 2.21. The van der Waals surface area contributed by atoms with Crippen LogP contribution in [0, 0.1) is 6.92 Å². The zero-order valence-electron chi connectivity index (χ0n) is 16.8. The normalized spacial score (nSPS) is 11.1. The van der Waals surface area contributed by atoms with Crippen LogP contribution in [0.25, 0.3) is 16.7 Å². The number of aryl methyl sites for hydroxylation is 1. The van der Waals surface area contributed by atoms with Crippen molar-refractivity contribution >= 4 is 22.5 Å². The molecule has 2 aromatic heterocycles. The van der Waals surface area contributed by atoms with Gasteiger partial charge < -0.3 is 14.8 Å². The van der Waals surface area contributed by atoms with Gasteiger partial charge in [0.25, 0.3) is 0 Å². The largest absolute Gasteiger partial charge is 0.490 e. The molecule has 0 saturated carbocycles. The number of tetrazole rings is 1. The zero-order chi connectivity index (χ0) is 20.2. The van der Waals surface area contributed by atoms with Crippen LogP contribution in [-0.2, 0) is 6.42 Å². The van der Waals surface area contributed by atoms with E-state index in [-0.39, 0.29) is 0 Å². The molecule has 0 bridgehead atoms. The first kappa shape index (κ1) is 18.9. The smallest absolute Gasteiger partial charge is 0.222 e. The second-order valence-electron chi connectivity index (χ2n) is 6.69. The van der Waals surface area contributed by atoms with E-state index in [2.05, 4.69) is 26.9 Å². The van der Waals surface area contributed by atoms with E-state index in [1.165, 1.54) is 0 Å². The lowest BCUT2D eigenvalue weighted by atomic mass is 10.1. The van der Waals surface area contributed by atoms with Crippen LogP contribution in [0.2, 0.25) is 0 Å². The first-order valence-electron chi connectivity index (χ1n) is 9.80. The maximum Gasteiger partial charge on any atom is 0.222 e. The summed E-state index contributed by atoms with van der Waals surface area (Å²) in [6.07, 6.45) is 0.799. The predicted molar refractivity (Wildman–Crippen MR) is 112 cm³/mol. The fourth-order valence-corrected chi connectivity index (χ4v) is 3.26. The molecule has 4 rings (SSSR count). The first-order valence-corrected chi connectivity index (χ1v) is 9.80. The highest BCUT2D eigenvalue weighted by Crippen LogP contribution is 2.29. The van der Waals surface area contributed by atoms with E-state index in [0.29, 0.717) is 31.2 Å². The highest BCUT2D eigenvalue weighted by Gasteiger charge is 2.12. The van der Waals surface area contributed by atoms with Crippen molar-refractivity contribution in [3.63, 3.8) is 0 Å². The standard InChI is InChI=1S/C21H24N6O2/c1-4-28-18-9-7-15(13-19(18)29-5-2)10-11-22-20-21-24-25-26-27(21)17-12-14(3)6-8-16(17)23-20/h6-9,12-13H,4-5,10-11H2,1-3H3,(H,22,23). The molecule has 0 saturated heterocycles. The predicted octanol–water partition coefficient (Wildman–Crippen LogP) is 3.43. The number of nitrogens with one attached hydrogen (secondary N) is 1. The van der Waals surface area contributed by atoms with Gasteiger partial charge in [-0.25, -0.2) is 4.98 Å². The van der Waals surface area contributed by atoms with Crippen LogP contribution in [0.1, 0.15) is 25.0 Å². The van der Waals surface area contributed by atoms with Crippen LogP contribution >= 0.6 is 0 Å². The van der Waals surface area contributed by atoms with Crippen molar-refractivity contribution in [2.75, 3.05) is 25.1 Å². The number of aromatic nitrogens is 5. The van der Waals surface area contributed by atoms with E-state index < -0.39 is 0 Å². The second kappa shape index (κ2) is 8.30. The van der Waals surface area contributed by atoms with Crippen molar-refractivity contribution in [3.05, 3.63) is 47.5 Å². The summed E-state index contributed by atoms with van der Waals surface area (Å²) in [5.41, 5.74) is 4.64. The number of anilines is 1. The molecule has 2 aromatic carbocycles. The summed E-state index contributed by atoms with van der Waals surface area (Å²) in [7, 11) is 0. The van der Waals surface area contributed by atoms with Gasteiger partial charge in [-0.15, -0.1) is 5.10 Å². The fourth-order valence-electron chi connectivity index (χ4n) is 3.26. The number of rotatable bonds is 8. The Labute approximate surface area is 168 Å². The quantitative estimate of drug-likeness (QED) is 0.491. The van der Waals surface area contributed by atoms with Gasteiger partial charge in [0.05, 0.1) is 24.2 Å². The Kier molecular flexibility index (Phi) is 5.41. The van der Waals surface area contributed by atoms with Crippen LogP contribution in [0.3, 0.4) is 0 Å². The summed E-state index contributed by atoms with van der Waals surface area (Å²) >= 11 is 0. The molecule has 4 aromatic rings. The molecule has 2 heterocycles.